The molecule has 1 aliphatic rings. The molecule has 1 fully saturated rings. The first-order chi connectivity index (χ1) is 5.49. The van der Waals surface area contributed by atoms with Gasteiger partial charge in [-0.25, -0.2) is 0 Å². The molecule has 1 saturated heterocycles. The standard InChI is InChI=1S/C7H12O5/c1-4(8)7(11)5(9)2-12-3-6(7)10/h5-6,9-11H,2-3H2,1H3/t5-,6?,7?/m1/s1. The molecule has 5 nitrogen and oxygen atoms in total. The van der Waals surface area contributed by atoms with Gasteiger partial charge >= 0.3 is 0 Å². The normalized spacial score (nSPS) is 42.7. The van der Waals surface area contributed by atoms with E-state index in [1.165, 1.54) is 0 Å². The zero-order valence-electron chi connectivity index (χ0n) is 6.73. The van der Waals surface area contributed by atoms with E-state index in [4.69, 9.17) is 4.74 Å². The first-order valence-electron chi connectivity index (χ1n) is 3.67. The number of ether oxygens (including phenoxy) is 1. The molecular formula is C7H12O5. The maximum Gasteiger partial charge on any atom is 0.178 e. The van der Waals surface area contributed by atoms with E-state index in [0.29, 0.717) is 0 Å². The van der Waals surface area contributed by atoms with Crippen molar-refractivity contribution in [3.63, 3.8) is 0 Å². The highest BCUT2D eigenvalue weighted by atomic mass is 16.5. The van der Waals surface area contributed by atoms with Crippen molar-refractivity contribution in [1.82, 2.24) is 0 Å². The number of aliphatic hydroxyl groups excluding tert-OH is 2. The molecule has 0 radical (unpaired) electrons. The number of aliphatic hydroxyl groups is 3. The number of carbonyl (C=O) groups excluding carboxylic acids is 1. The van der Waals surface area contributed by atoms with Crippen molar-refractivity contribution in [2.45, 2.75) is 24.7 Å². The van der Waals surface area contributed by atoms with Gasteiger partial charge in [0.2, 0.25) is 0 Å². The van der Waals surface area contributed by atoms with Gasteiger partial charge in [0.05, 0.1) is 13.2 Å². The smallest absolute Gasteiger partial charge is 0.178 e. The lowest BCUT2D eigenvalue weighted by Gasteiger charge is -2.38. The van der Waals surface area contributed by atoms with Crippen LogP contribution in [0.3, 0.4) is 0 Å². The topological polar surface area (TPSA) is 87.0 Å². The van der Waals surface area contributed by atoms with Crippen LogP contribution in [-0.4, -0.2) is 52.1 Å². The van der Waals surface area contributed by atoms with Gasteiger partial charge in [-0.3, -0.25) is 4.79 Å². The van der Waals surface area contributed by atoms with Crippen LogP contribution in [0.1, 0.15) is 6.92 Å². The summed E-state index contributed by atoms with van der Waals surface area (Å²) in [5.74, 6) is -0.647. The molecule has 12 heavy (non-hydrogen) atoms. The van der Waals surface area contributed by atoms with Crippen LogP contribution in [0.2, 0.25) is 0 Å². The zero-order valence-corrected chi connectivity index (χ0v) is 6.73. The molecule has 3 atom stereocenters. The third kappa shape index (κ3) is 1.25. The van der Waals surface area contributed by atoms with E-state index in [1.807, 2.05) is 0 Å². The molecule has 3 N–H and O–H groups in total. The number of hydrogen-bond acceptors (Lipinski definition) is 5. The van der Waals surface area contributed by atoms with Crippen LogP contribution in [0.5, 0.6) is 0 Å². The number of hydrogen-bond donors (Lipinski definition) is 3. The first-order valence-corrected chi connectivity index (χ1v) is 3.67. The van der Waals surface area contributed by atoms with E-state index in [9.17, 15) is 20.1 Å². The summed E-state index contributed by atoms with van der Waals surface area (Å²) in [5.41, 5.74) is -2.06. The number of ketones is 1. The second-order valence-electron chi connectivity index (χ2n) is 2.95. The number of Topliss-reactive ketones (excluding diaryl/α,β-unsaturated/α-hetero) is 1. The molecule has 0 saturated carbocycles. The van der Waals surface area contributed by atoms with Crippen molar-refractivity contribution in [2.75, 3.05) is 13.2 Å². The first kappa shape index (κ1) is 9.60. The Balaban J connectivity index is 2.87. The predicted molar refractivity (Wildman–Crippen MR) is 38.5 cm³/mol. The third-order valence-electron chi connectivity index (χ3n) is 2.13. The Morgan fingerprint density at radius 1 is 1.42 bits per heavy atom. The van der Waals surface area contributed by atoms with Crippen molar-refractivity contribution in [3.05, 3.63) is 0 Å². The lowest BCUT2D eigenvalue weighted by Crippen LogP contribution is -2.63. The van der Waals surface area contributed by atoms with E-state index in [-0.39, 0.29) is 13.2 Å². The molecule has 1 rings (SSSR count). The third-order valence-corrected chi connectivity index (χ3v) is 2.13. The van der Waals surface area contributed by atoms with Gasteiger partial charge in [0, 0.05) is 0 Å². The van der Waals surface area contributed by atoms with Crippen molar-refractivity contribution >= 4 is 5.78 Å². The summed E-state index contributed by atoms with van der Waals surface area (Å²) >= 11 is 0. The van der Waals surface area contributed by atoms with Gasteiger partial charge in [-0.05, 0) is 6.92 Å². The van der Waals surface area contributed by atoms with Crippen LogP contribution < -0.4 is 0 Å². The summed E-state index contributed by atoms with van der Waals surface area (Å²) in [6, 6.07) is 0. The van der Waals surface area contributed by atoms with E-state index in [2.05, 4.69) is 0 Å². The van der Waals surface area contributed by atoms with Crippen molar-refractivity contribution in [2.24, 2.45) is 0 Å². The minimum Gasteiger partial charge on any atom is -0.387 e. The fourth-order valence-corrected chi connectivity index (χ4v) is 1.24. The van der Waals surface area contributed by atoms with E-state index >= 15 is 0 Å². The summed E-state index contributed by atoms with van der Waals surface area (Å²) in [7, 11) is 0. The molecule has 0 aromatic rings. The quantitative estimate of drug-likeness (QED) is 0.432. The predicted octanol–water partition coefficient (Wildman–Crippen LogP) is -1.94. The number of carbonyl (C=O) groups is 1. The van der Waals surface area contributed by atoms with Crippen LogP contribution in [-0.2, 0) is 9.53 Å². The maximum atomic E-state index is 10.9. The van der Waals surface area contributed by atoms with E-state index < -0.39 is 23.6 Å². The minimum absolute atomic E-state index is 0.132. The SMILES string of the molecule is CC(=O)C1(O)C(O)COC[C@H]1O. The molecule has 0 aromatic carbocycles. The molecule has 0 aromatic heterocycles. The molecule has 2 unspecified atom stereocenters. The van der Waals surface area contributed by atoms with Gasteiger partial charge in [-0.2, -0.15) is 0 Å². The average molecular weight is 176 g/mol. The van der Waals surface area contributed by atoms with Crippen molar-refractivity contribution in [3.8, 4) is 0 Å². The van der Waals surface area contributed by atoms with Crippen LogP contribution in [0.4, 0.5) is 0 Å². The molecule has 0 amide bonds. The zero-order chi connectivity index (χ0) is 9.35. The largest absolute Gasteiger partial charge is 0.387 e. The summed E-state index contributed by atoms with van der Waals surface area (Å²) in [4.78, 5) is 10.9. The van der Waals surface area contributed by atoms with Gasteiger partial charge in [-0.1, -0.05) is 0 Å². The summed E-state index contributed by atoms with van der Waals surface area (Å²) in [6.07, 6.45) is -2.70. The fourth-order valence-electron chi connectivity index (χ4n) is 1.24. The van der Waals surface area contributed by atoms with Gasteiger partial charge in [0.15, 0.2) is 11.4 Å². The second kappa shape index (κ2) is 3.10. The molecule has 0 bridgehead atoms. The fraction of sp³-hybridized carbons (Fsp3) is 0.857. The Bertz CT molecular complexity index is 180. The van der Waals surface area contributed by atoms with E-state index in [1.54, 1.807) is 0 Å². The van der Waals surface area contributed by atoms with Gasteiger partial charge in [0.1, 0.15) is 12.2 Å². The Morgan fingerprint density at radius 3 is 2.08 bits per heavy atom. The molecule has 1 heterocycles. The molecule has 0 spiro atoms. The second-order valence-corrected chi connectivity index (χ2v) is 2.95. The van der Waals surface area contributed by atoms with Crippen LogP contribution in [0, 0.1) is 0 Å². The van der Waals surface area contributed by atoms with Gasteiger partial charge in [-0.15, -0.1) is 0 Å². The van der Waals surface area contributed by atoms with Crippen LogP contribution >= 0.6 is 0 Å². The number of rotatable bonds is 1. The highest BCUT2D eigenvalue weighted by Gasteiger charge is 2.49. The Kier molecular flexibility index (Phi) is 2.48. The van der Waals surface area contributed by atoms with Crippen molar-refractivity contribution < 1.29 is 24.9 Å². The van der Waals surface area contributed by atoms with Gasteiger partial charge in [0.25, 0.3) is 0 Å². The average Bonchev–Trinajstić information content (AvgIpc) is 1.99. The molecule has 70 valence electrons. The molecular weight excluding hydrogens is 164 g/mol. The minimum atomic E-state index is -2.06. The highest BCUT2D eigenvalue weighted by molar-refractivity contribution is 5.86. The van der Waals surface area contributed by atoms with Gasteiger partial charge < -0.3 is 20.1 Å². The van der Waals surface area contributed by atoms with Crippen LogP contribution in [0.15, 0.2) is 0 Å². The lowest BCUT2D eigenvalue weighted by atomic mass is 9.85. The molecule has 1 aliphatic heterocycles. The summed E-state index contributed by atoms with van der Waals surface area (Å²) in [6.45, 7) is 0.859. The molecule has 0 aliphatic carbocycles. The maximum absolute atomic E-state index is 10.9. The van der Waals surface area contributed by atoms with Crippen molar-refractivity contribution in [1.29, 1.82) is 0 Å². The summed E-state index contributed by atoms with van der Waals surface area (Å²) < 4.78 is 4.73. The monoisotopic (exact) mass is 176 g/mol. The Morgan fingerprint density at radius 2 is 1.83 bits per heavy atom. The highest BCUT2D eigenvalue weighted by Crippen LogP contribution is 2.22. The Labute approximate surface area is 69.6 Å². The summed E-state index contributed by atoms with van der Waals surface area (Å²) in [5, 5.41) is 28.0. The molecule has 5 heteroatoms. The Hall–Kier alpha value is -0.490. The van der Waals surface area contributed by atoms with E-state index in [0.717, 1.165) is 6.92 Å². The lowest BCUT2D eigenvalue weighted by molar-refractivity contribution is -0.210. The van der Waals surface area contributed by atoms with Crippen LogP contribution in [0.25, 0.3) is 0 Å².